The Balaban J connectivity index is 1.75. The van der Waals surface area contributed by atoms with Gasteiger partial charge in [0, 0.05) is 0 Å². The summed E-state index contributed by atoms with van der Waals surface area (Å²) in [5.74, 6) is 0. The highest BCUT2D eigenvalue weighted by Gasteiger charge is 2.28. The Morgan fingerprint density at radius 1 is 0.517 bits per heavy atom. The van der Waals surface area contributed by atoms with Crippen LogP contribution in [0.4, 0.5) is 0 Å². The molecule has 0 aromatic heterocycles. The van der Waals surface area contributed by atoms with E-state index >= 15 is 0 Å². The van der Waals surface area contributed by atoms with Crippen molar-refractivity contribution < 1.29 is 0 Å². The van der Waals surface area contributed by atoms with Crippen LogP contribution in [0.5, 0.6) is 0 Å². The molecular formula is C29H26. The maximum absolute atomic E-state index is 2.36. The molecule has 0 bridgehead atoms. The van der Waals surface area contributed by atoms with Crippen molar-refractivity contribution in [3.63, 3.8) is 0 Å². The van der Waals surface area contributed by atoms with Crippen LogP contribution in [0.2, 0.25) is 0 Å². The molecule has 29 heavy (non-hydrogen) atoms. The second-order valence-corrected chi connectivity index (χ2v) is 7.98. The lowest BCUT2D eigenvalue weighted by atomic mass is 9.86. The Morgan fingerprint density at radius 2 is 1.10 bits per heavy atom. The molecule has 0 aliphatic heterocycles. The molecule has 0 atom stereocenters. The van der Waals surface area contributed by atoms with Gasteiger partial charge in [-0.15, -0.1) is 0 Å². The number of hydrogen-bond acceptors (Lipinski definition) is 0. The van der Waals surface area contributed by atoms with Gasteiger partial charge in [-0.05, 0) is 64.7 Å². The third-order valence-corrected chi connectivity index (χ3v) is 6.12. The first-order valence-electron chi connectivity index (χ1n) is 10.8. The topological polar surface area (TPSA) is 0 Å². The summed E-state index contributed by atoms with van der Waals surface area (Å²) in [6, 6.07) is 30.5. The molecule has 0 radical (unpaired) electrons. The first kappa shape index (κ1) is 17.9. The van der Waals surface area contributed by atoms with Crippen molar-refractivity contribution in [1.29, 1.82) is 0 Å². The van der Waals surface area contributed by atoms with E-state index in [-0.39, 0.29) is 0 Å². The summed E-state index contributed by atoms with van der Waals surface area (Å²) in [4.78, 5) is 0. The van der Waals surface area contributed by atoms with E-state index in [0.29, 0.717) is 0 Å². The van der Waals surface area contributed by atoms with Crippen LogP contribution < -0.4 is 0 Å². The van der Waals surface area contributed by atoms with Crippen LogP contribution in [0.15, 0.2) is 102 Å². The third kappa shape index (κ3) is 3.51. The van der Waals surface area contributed by atoms with Crippen LogP contribution in [-0.4, -0.2) is 0 Å². The number of fused-ring (bicyclic) bond motifs is 1. The van der Waals surface area contributed by atoms with Crippen LogP contribution >= 0.6 is 0 Å². The molecule has 0 heterocycles. The average Bonchev–Trinajstić information content (AvgIpc) is 3.13. The quantitative estimate of drug-likeness (QED) is 0.436. The number of hydrogen-bond donors (Lipinski definition) is 0. The zero-order chi connectivity index (χ0) is 19.5. The van der Waals surface area contributed by atoms with Gasteiger partial charge in [0.1, 0.15) is 0 Å². The fourth-order valence-corrected chi connectivity index (χ4v) is 4.77. The second-order valence-electron chi connectivity index (χ2n) is 7.98. The van der Waals surface area contributed by atoms with Crippen LogP contribution in [0, 0.1) is 0 Å². The summed E-state index contributed by atoms with van der Waals surface area (Å²) in [6.07, 6.45) is 11.1. The minimum Gasteiger partial charge on any atom is -0.0622 e. The average molecular weight is 375 g/mol. The Hall–Kier alpha value is -3.12. The number of rotatable bonds is 3. The van der Waals surface area contributed by atoms with E-state index in [1.807, 2.05) is 0 Å². The summed E-state index contributed by atoms with van der Waals surface area (Å²) >= 11 is 0. The van der Waals surface area contributed by atoms with E-state index in [2.05, 4.69) is 97.1 Å². The molecule has 142 valence electrons. The van der Waals surface area contributed by atoms with Gasteiger partial charge >= 0.3 is 0 Å². The van der Waals surface area contributed by atoms with Crippen molar-refractivity contribution in [1.82, 2.24) is 0 Å². The zero-order valence-corrected chi connectivity index (χ0v) is 16.8. The van der Waals surface area contributed by atoms with Gasteiger partial charge in [-0.3, -0.25) is 0 Å². The van der Waals surface area contributed by atoms with Gasteiger partial charge in [0.05, 0.1) is 0 Å². The molecule has 0 amide bonds. The standard InChI is InChI=1S/C29H26/c1-4-12-22(13-5-1)20-21-27-28(23-14-6-2-7-15-23)25-18-10-11-19-26(25)29(27)24-16-8-3-9-17-24/h1-2,4-7,10-15,18-21H,3,8-9,16-17H2/b21-20+. The summed E-state index contributed by atoms with van der Waals surface area (Å²) in [5, 5.41) is 0. The van der Waals surface area contributed by atoms with Crippen molar-refractivity contribution in [3.8, 4) is 0 Å². The van der Waals surface area contributed by atoms with Gasteiger partial charge in [-0.25, -0.2) is 0 Å². The van der Waals surface area contributed by atoms with E-state index < -0.39 is 0 Å². The van der Waals surface area contributed by atoms with Crippen LogP contribution in [0.3, 0.4) is 0 Å². The minimum atomic E-state index is 1.23. The van der Waals surface area contributed by atoms with E-state index in [0.717, 1.165) is 0 Å². The zero-order valence-electron chi connectivity index (χ0n) is 16.8. The van der Waals surface area contributed by atoms with Crippen molar-refractivity contribution in [2.24, 2.45) is 0 Å². The first-order chi connectivity index (χ1) is 14.4. The molecule has 1 saturated carbocycles. The van der Waals surface area contributed by atoms with Gasteiger partial charge in [0.2, 0.25) is 0 Å². The molecule has 5 rings (SSSR count). The van der Waals surface area contributed by atoms with Crippen LogP contribution in [0.1, 0.15) is 54.4 Å². The molecule has 0 unspecified atom stereocenters. The molecule has 0 spiro atoms. The van der Waals surface area contributed by atoms with E-state index in [9.17, 15) is 0 Å². The molecule has 3 aromatic rings. The predicted octanol–water partition coefficient (Wildman–Crippen LogP) is 7.93. The molecule has 0 nitrogen and oxygen atoms in total. The monoisotopic (exact) mass is 374 g/mol. The fraction of sp³-hybridized carbons (Fsp3) is 0.172. The largest absolute Gasteiger partial charge is 0.0622 e. The summed E-state index contributed by atoms with van der Waals surface area (Å²) < 4.78 is 0. The highest BCUT2D eigenvalue weighted by molar-refractivity contribution is 6.08. The highest BCUT2D eigenvalue weighted by atomic mass is 14.3. The summed E-state index contributed by atoms with van der Waals surface area (Å²) in [7, 11) is 0. The number of benzene rings is 3. The maximum atomic E-state index is 2.36. The fourth-order valence-electron chi connectivity index (χ4n) is 4.77. The minimum absolute atomic E-state index is 1.23. The molecule has 2 aliphatic rings. The van der Waals surface area contributed by atoms with Gasteiger partial charge in [-0.1, -0.05) is 109 Å². The first-order valence-corrected chi connectivity index (χ1v) is 10.8. The normalized spacial score (nSPS) is 16.6. The lowest BCUT2D eigenvalue weighted by Gasteiger charge is -2.19. The Kier molecular flexibility index (Phi) is 5.01. The second kappa shape index (κ2) is 8.09. The Bertz CT molecular complexity index is 1090. The molecule has 1 fully saturated rings. The molecule has 3 aromatic carbocycles. The van der Waals surface area contributed by atoms with E-state index in [4.69, 9.17) is 0 Å². The van der Waals surface area contributed by atoms with Crippen molar-refractivity contribution in [3.05, 3.63) is 124 Å². The highest BCUT2D eigenvalue weighted by Crippen LogP contribution is 2.48. The predicted molar refractivity (Wildman–Crippen MR) is 124 cm³/mol. The van der Waals surface area contributed by atoms with Gasteiger partial charge in [0.15, 0.2) is 0 Å². The van der Waals surface area contributed by atoms with Crippen molar-refractivity contribution >= 4 is 17.2 Å². The van der Waals surface area contributed by atoms with Crippen molar-refractivity contribution in [2.45, 2.75) is 32.1 Å². The number of allylic oxidation sites excluding steroid dienone is 4. The van der Waals surface area contributed by atoms with E-state index in [1.165, 1.54) is 71.1 Å². The van der Waals surface area contributed by atoms with Crippen LogP contribution in [-0.2, 0) is 0 Å². The molecular weight excluding hydrogens is 348 g/mol. The SMILES string of the molecule is C(=C\c1ccccc1)/C1=C(c2ccccc2)c2ccccc2C1=C1CCCCC1. The Morgan fingerprint density at radius 3 is 1.79 bits per heavy atom. The molecule has 0 saturated heterocycles. The van der Waals surface area contributed by atoms with Gasteiger partial charge < -0.3 is 0 Å². The third-order valence-electron chi connectivity index (χ3n) is 6.12. The molecule has 0 heteroatoms. The van der Waals surface area contributed by atoms with Gasteiger partial charge in [0.25, 0.3) is 0 Å². The van der Waals surface area contributed by atoms with Gasteiger partial charge in [-0.2, -0.15) is 0 Å². The maximum Gasteiger partial charge on any atom is -0.00264 e. The summed E-state index contributed by atoms with van der Waals surface area (Å²) in [5.41, 5.74) is 11.2. The summed E-state index contributed by atoms with van der Waals surface area (Å²) in [6.45, 7) is 0. The lowest BCUT2D eigenvalue weighted by molar-refractivity contribution is 0.601. The molecule has 2 aliphatic carbocycles. The lowest BCUT2D eigenvalue weighted by Crippen LogP contribution is -1.98. The Labute approximate surface area is 173 Å². The smallest absolute Gasteiger partial charge is 0.00264 e. The van der Waals surface area contributed by atoms with Crippen LogP contribution in [0.25, 0.3) is 17.2 Å². The van der Waals surface area contributed by atoms with Crippen molar-refractivity contribution in [2.75, 3.05) is 0 Å². The molecule has 0 N–H and O–H groups in total. The van der Waals surface area contributed by atoms with E-state index in [1.54, 1.807) is 5.57 Å².